The van der Waals surface area contributed by atoms with Gasteiger partial charge in [-0.15, -0.1) is 0 Å². The van der Waals surface area contributed by atoms with E-state index >= 15 is 0 Å². The highest BCUT2D eigenvalue weighted by Crippen LogP contribution is 2.77. The van der Waals surface area contributed by atoms with E-state index in [2.05, 4.69) is 58.8 Å². The van der Waals surface area contributed by atoms with Gasteiger partial charge in [0.1, 0.15) is 0 Å². The molecule has 10 atom stereocenters. The molecule has 6 rings (SSSR count). The number of carbonyl (C=O) groups is 2. The number of allylic oxidation sites excluding steroid dienone is 1. The number of hydrogen-bond donors (Lipinski definition) is 3. The van der Waals surface area contributed by atoms with Crippen LogP contribution < -0.4 is 10.6 Å². The molecule has 6 aliphatic rings. The van der Waals surface area contributed by atoms with Crippen molar-refractivity contribution in [2.24, 2.45) is 62.6 Å². The first-order valence-electron chi connectivity index (χ1n) is 18.1. The van der Waals surface area contributed by atoms with Crippen molar-refractivity contribution in [3.8, 4) is 0 Å². The van der Waals surface area contributed by atoms with Gasteiger partial charge < -0.3 is 15.7 Å². The summed E-state index contributed by atoms with van der Waals surface area (Å²) in [5, 5.41) is 17.7. The van der Waals surface area contributed by atoms with Crippen LogP contribution in [0.15, 0.2) is 12.2 Å². The zero-order chi connectivity index (χ0) is 31.0. The molecule has 5 nitrogen and oxygen atoms in total. The highest BCUT2D eigenvalue weighted by atomic mass is 16.4. The SMILES string of the molecule is C=C(C)[C@@H]1CC[C@]2(C(=O)O)CC[C@]3(C)[C@H](CC[C@@H]4[C@@]5(C)CC[C@H](NC(=O)CCC6CCNCC6)C(C)(C)[C@@H]5CC[C@]43C)[C@@H]12. The van der Waals surface area contributed by atoms with Gasteiger partial charge in [0.2, 0.25) is 5.91 Å². The van der Waals surface area contributed by atoms with Gasteiger partial charge in [-0.1, -0.05) is 46.8 Å². The van der Waals surface area contributed by atoms with Gasteiger partial charge in [-0.2, -0.15) is 0 Å². The molecular weight excluding hydrogens is 532 g/mol. The Labute approximate surface area is 262 Å². The van der Waals surface area contributed by atoms with E-state index in [-0.39, 0.29) is 39.5 Å². The smallest absolute Gasteiger partial charge is 0.309 e. The molecule has 0 spiro atoms. The Balaban J connectivity index is 1.21. The predicted molar refractivity (Wildman–Crippen MR) is 173 cm³/mol. The Morgan fingerprint density at radius 2 is 1.56 bits per heavy atom. The van der Waals surface area contributed by atoms with Crippen molar-refractivity contribution < 1.29 is 14.7 Å². The maximum atomic E-state index is 13.2. The molecule has 0 bridgehead atoms. The predicted octanol–water partition coefficient (Wildman–Crippen LogP) is 7.99. The van der Waals surface area contributed by atoms with Crippen LogP contribution in [0.4, 0.5) is 0 Å². The van der Waals surface area contributed by atoms with E-state index in [0.29, 0.717) is 36.0 Å². The summed E-state index contributed by atoms with van der Waals surface area (Å²) in [6.07, 6.45) is 14.9. The molecule has 0 unspecified atom stereocenters. The van der Waals surface area contributed by atoms with Crippen LogP contribution in [0.1, 0.15) is 131 Å². The number of carbonyl (C=O) groups excluding carboxylic acids is 1. The van der Waals surface area contributed by atoms with Gasteiger partial charge in [0.05, 0.1) is 5.41 Å². The molecule has 3 N–H and O–H groups in total. The zero-order valence-corrected chi connectivity index (χ0v) is 28.3. The normalized spacial score (nSPS) is 47.4. The number of fused-ring (bicyclic) bond motifs is 7. The lowest BCUT2D eigenvalue weighted by atomic mass is 9.32. The van der Waals surface area contributed by atoms with Crippen molar-refractivity contribution in [2.75, 3.05) is 13.1 Å². The lowest BCUT2D eigenvalue weighted by molar-refractivity contribution is -0.240. The molecule has 0 radical (unpaired) electrons. The lowest BCUT2D eigenvalue weighted by Gasteiger charge is -2.73. The summed E-state index contributed by atoms with van der Waals surface area (Å²) in [7, 11) is 0. The van der Waals surface area contributed by atoms with Gasteiger partial charge >= 0.3 is 5.97 Å². The van der Waals surface area contributed by atoms with Gasteiger partial charge in [-0.3, -0.25) is 9.59 Å². The topological polar surface area (TPSA) is 78.4 Å². The fourth-order valence-electron chi connectivity index (χ4n) is 13.6. The first kappa shape index (κ1) is 31.6. The second-order valence-electron chi connectivity index (χ2n) is 17.9. The fraction of sp³-hybridized carbons (Fsp3) is 0.895. The van der Waals surface area contributed by atoms with Crippen LogP contribution in [0.3, 0.4) is 0 Å². The van der Waals surface area contributed by atoms with E-state index in [1.165, 1.54) is 50.5 Å². The fourth-order valence-corrected chi connectivity index (χ4v) is 13.6. The molecule has 242 valence electrons. The first-order chi connectivity index (χ1) is 20.2. The summed E-state index contributed by atoms with van der Waals surface area (Å²) < 4.78 is 0. The number of nitrogens with one attached hydrogen (secondary N) is 2. The summed E-state index contributed by atoms with van der Waals surface area (Å²) in [4.78, 5) is 26.2. The van der Waals surface area contributed by atoms with Gasteiger partial charge in [0.25, 0.3) is 0 Å². The largest absolute Gasteiger partial charge is 0.481 e. The first-order valence-corrected chi connectivity index (χ1v) is 18.1. The molecule has 1 amide bonds. The molecule has 5 saturated carbocycles. The minimum Gasteiger partial charge on any atom is -0.481 e. The van der Waals surface area contributed by atoms with E-state index in [1.807, 2.05) is 0 Å². The number of hydrogen-bond acceptors (Lipinski definition) is 3. The Morgan fingerprint density at radius 1 is 0.837 bits per heavy atom. The van der Waals surface area contributed by atoms with Crippen LogP contribution in [-0.4, -0.2) is 36.1 Å². The Morgan fingerprint density at radius 3 is 2.23 bits per heavy atom. The van der Waals surface area contributed by atoms with Gasteiger partial charge in [0.15, 0.2) is 0 Å². The minimum absolute atomic E-state index is 0.0675. The molecule has 0 aromatic carbocycles. The number of aliphatic carboxylic acids is 1. The number of amides is 1. The van der Waals surface area contributed by atoms with Gasteiger partial charge in [-0.25, -0.2) is 0 Å². The summed E-state index contributed by atoms with van der Waals surface area (Å²) in [5.41, 5.74) is 1.36. The van der Waals surface area contributed by atoms with E-state index in [4.69, 9.17) is 0 Å². The molecule has 6 fully saturated rings. The third-order valence-electron chi connectivity index (χ3n) is 16.1. The van der Waals surface area contributed by atoms with Crippen molar-refractivity contribution in [3.63, 3.8) is 0 Å². The Bertz CT molecular complexity index is 1130. The standard InChI is InChI=1S/C38H62N2O3/c1-24(2)26-12-19-38(33(42)43)21-20-36(6)27(32(26)38)9-10-29-35(5)17-14-30(34(3,4)28(35)13-18-37(29,36)7)40-31(41)11-8-25-15-22-39-23-16-25/h25-30,32,39H,1,8-23H2,2-7H3,(H,40,41)(H,42,43)/t26-,27+,28-,29+,30-,32+,35-,36+,37+,38-/m0/s1. The van der Waals surface area contributed by atoms with Crippen LogP contribution in [0.5, 0.6) is 0 Å². The van der Waals surface area contributed by atoms with Crippen LogP contribution in [0, 0.1) is 62.6 Å². The Kier molecular flexibility index (Phi) is 7.99. The summed E-state index contributed by atoms with van der Waals surface area (Å²) in [5.74, 6) is 2.71. The Hall–Kier alpha value is -1.36. The molecule has 1 saturated heterocycles. The molecule has 1 heterocycles. The van der Waals surface area contributed by atoms with Crippen LogP contribution in [0.2, 0.25) is 0 Å². The molecule has 43 heavy (non-hydrogen) atoms. The van der Waals surface area contributed by atoms with Crippen LogP contribution in [0.25, 0.3) is 0 Å². The van der Waals surface area contributed by atoms with Gasteiger partial charge in [-0.05, 0) is 161 Å². The molecule has 0 aromatic heterocycles. The number of carboxylic acids is 1. The average molecular weight is 595 g/mol. The maximum absolute atomic E-state index is 13.2. The molecule has 0 aromatic rings. The second-order valence-corrected chi connectivity index (χ2v) is 17.9. The lowest BCUT2D eigenvalue weighted by Crippen LogP contribution is -2.68. The van der Waals surface area contributed by atoms with E-state index < -0.39 is 11.4 Å². The molecular formula is C38H62N2O3. The third kappa shape index (κ3) is 4.62. The van der Waals surface area contributed by atoms with Gasteiger partial charge in [0, 0.05) is 12.5 Å². The van der Waals surface area contributed by atoms with Crippen molar-refractivity contribution in [1.29, 1.82) is 0 Å². The number of rotatable bonds is 6. The van der Waals surface area contributed by atoms with Crippen LogP contribution >= 0.6 is 0 Å². The highest BCUT2D eigenvalue weighted by molar-refractivity contribution is 5.76. The monoisotopic (exact) mass is 594 g/mol. The van der Waals surface area contributed by atoms with E-state index in [1.54, 1.807) is 0 Å². The highest BCUT2D eigenvalue weighted by Gasteiger charge is 2.72. The van der Waals surface area contributed by atoms with Crippen molar-refractivity contribution in [1.82, 2.24) is 10.6 Å². The third-order valence-corrected chi connectivity index (χ3v) is 16.1. The van der Waals surface area contributed by atoms with Crippen molar-refractivity contribution in [2.45, 2.75) is 137 Å². The maximum Gasteiger partial charge on any atom is 0.309 e. The van der Waals surface area contributed by atoms with Crippen molar-refractivity contribution >= 4 is 11.9 Å². The van der Waals surface area contributed by atoms with E-state index in [0.717, 1.165) is 51.6 Å². The summed E-state index contributed by atoms with van der Waals surface area (Å²) in [6, 6.07) is 0.253. The number of piperidine rings is 1. The number of carboxylic acid groups (broad SMARTS) is 1. The second kappa shape index (κ2) is 10.9. The summed E-state index contributed by atoms with van der Waals surface area (Å²) >= 11 is 0. The molecule has 1 aliphatic heterocycles. The quantitative estimate of drug-likeness (QED) is 0.272. The molecule has 5 aliphatic carbocycles. The minimum atomic E-state index is -0.551. The summed E-state index contributed by atoms with van der Waals surface area (Å²) in [6.45, 7) is 21.5. The van der Waals surface area contributed by atoms with Crippen LogP contribution in [-0.2, 0) is 9.59 Å². The van der Waals surface area contributed by atoms with E-state index in [9.17, 15) is 14.7 Å². The van der Waals surface area contributed by atoms with Crippen molar-refractivity contribution in [3.05, 3.63) is 12.2 Å². The molecule has 5 heteroatoms. The average Bonchev–Trinajstić information content (AvgIpc) is 3.36. The zero-order valence-electron chi connectivity index (χ0n) is 28.3.